The van der Waals surface area contributed by atoms with E-state index in [1.165, 1.54) is 18.2 Å². The van der Waals surface area contributed by atoms with Gasteiger partial charge in [-0.2, -0.15) is 0 Å². The zero-order chi connectivity index (χ0) is 11.1. The predicted molar refractivity (Wildman–Crippen MR) is 55.5 cm³/mol. The summed E-state index contributed by atoms with van der Waals surface area (Å²) in [5.41, 5.74) is 0. The molecule has 2 N–H and O–H groups in total. The van der Waals surface area contributed by atoms with Crippen LogP contribution in [0.5, 0.6) is 5.75 Å². The van der Waals surface area contributed by atoms with Gasteiger partial charge in [-0.1, -0.05) is 18.2 Å². The molecule has 0 atom stereocenters. The second-order valence-electron chi connectivity index (χ2n) is 3.18. The lowest BCUT2D eigenvalue weighted by atomic mass is 10.1. The Bertz CT molecular complexity index is 620. The molecular formula is C10H8NO3S. The summed E-state index contributed by atoms with van der Waals surface area (Å²) in [6.07, 6.45) is 0. The molecule has 0 unspecified atom stereocenters. The van der Waals surface area contributed by atoms with Crippen LogP contribution in [0.1, 0.15) is 0 Å². The van der Waals surface area contributed by atoms with E-state index in [2.05, 4.69) is 0 Å². The van der Waals surface area contributed by atoms with E-state index in [9.17, 15) is 13.5 Å². The summed E-state index contributed by atoms with van der Waals surface area (Å²) in [5, 5.41) is 17.2. The van der Waals surface area contributed by atoms with Gasteiger partial charge in [-0.3, -0.25) is 5.11 Å². The van der Waals surface area contributed by atoms with Crippen molar-refractivity contribution in [3.8, 4) is 5.75 Å². The minimum Gasteiger partial charge on any atom is -0.290 e. The first-order chi connectivity index (χ1) is 6.98. The van der Waals surface area contributed by atoms with E-state index in [1.54, 1.807) is 18.2 Å². The molecule has 0 saturated carbocycles. The molecule has 0 saturated heterocycles. The van der Waals surface area contributed by atoms with Crippen LogP contribution >= 0.6 is 0 Å². The molecule has 5 heteroatoms. The molecule has 1 radical (unpaired) electrons. The van der Waals surface area contributed by atoms with Gasteiger partial charge in [0.15, 0.2) is 5.75 Å². The number of fused-ring (bicyclic) bond motifs is 1. The molecule has 0 aliphatic heterocycles. The molecule has 0 amide bonds. The van der Waals surface area contributed by atoms with Crippen molar-refractivity contribution in [2.75, 3.05) is 0 Å². The van der Waals surface area contributed by atoms with Gasteiger partial charge in [0.05, 0.1) is 4.90 Å². The first-order valence-corrected chi connectivity index (χ1v) is 5.76. The molecule has 77 valence electrons. The van der Waals surface area contributed by atoms with Crippen molar-refractivity contribution >= 4 is 20.8 Å². The molecule has 15 heavy (non-hydrogen) atoms. The lowest BCUT2D eigenvalue weighted by Crippen LogP contribution is -2.12. The summed E-state index contributed by atoms with van der Waals surface area (Å²) in [6.45, 7) is 0. The third-order valence-electron chi connectivity index (χ3n) is 2.12. The summed E-state index contributed by atoms with van der Waals surface area (Å²) in [4.78, 5) is -0.0160. The molecule has 0 spiro atoms. The van der Waals surface area contributed by atoms with Crippen LogP contribution < -0.4 is 5.14 Å². The lowest BCUT2D eigenvalue weighted by molar-refractivity contribution is 0.355. The number of hydrogen-bond donors (Lipinski definition) is 1. The second-order valence-corrected chi connectivity index (χ2v) is 4.71. The van der Waals surface area contributed by atoms with Gasteiger partial charge >= 0.3 is 0 Å². The minimum absolute atomic E-state index is 0.0160. The summed E-state index contributed by atoms with van der Waals surface area (Å²) < 4.78 is 22.5. The fraction of sp³-hybridized carbons (Fsp3) is 0. The standard InChI is InChI=1S/C10H8NO3S/c11-15(13,14)10-3-1-2-7-4-5-8(12)6-9(7)10/h1-6H,(H2,11,13,14). The predicted octanol–water partition coefficient (Wildman–Crippen LogP) is 1.63. The Morgan fingerprint density at radius 1 is 1.07 bits per heavy atom. The van der Waals surface area contributed by atoms with Gasteiger partial charge in [0.2, 0.25) is 10.0 Å². The molecule has 0 aliphatic rings. The number of benzene rings is 2. The fourth-order valence-corrected chi connectivity index (χ4v) is 2.22. The van der Waals surface area contributed by atoms with Gasteiger partial charge in [-0.05, 0) is 23.6 Å². The normalized spacial score (nSPS) is 11.8. The van der Waals surface area contributed by atoms with Crippen LogP contribution in [-0.4, -0.2) is 8.42 Å². The minimum atomic E-state index is -3.79. The highest BCUT2D eigenvalue weighted by Crippen LogP contribution is 2.25. The number of sulfonamides is 1. The van der Waals surface area contributed by atoms with Crippen LogP contribution in [-0.2, 0) is 15.1 Å². The SMILES string of the molecule is NS(=O)(=O)c1cccc2ccc([O])cc12. The van der Waals surface area contributed by atoms with Gasteiger partial charge in [-0.25, -0.2) is 13.6 Å². The highest BCUT2D eigenvalue weighted by Gasteiger charge is 2.12. The Labute approximate surface area is 87.0 Å². The maximum Gasteiger partial charge on any atom is 0.238 e. The Morgan fingerprint density at radius 2 is 1.80 bits per heavy atom. The van der Waals surface area contributed by atoms with Crippen molar-refractivity contribution in [2.45, 2.75) is 4.90 Å². The van der Waals surface area contributed by atoms with E-state index in [0.717, 1.165) is 0 Å². The van der Waals surface area contributed by atoms with Gasteiger partial charge in [0.1, 0.15) is 0 Å². The Balaban J connectivity index is 2.92. The summed E-state index contributed by atoms with van der Waals surface area (Å²) in [6, 6.07) is 8.93. The van der Waals surface area contributed by atoms with E-state index in [0.29, 0.717) is 10.8 Å². The van der Waals surface area contributed by atoms with E-state index in [1.807, 2.05) is 0 Å². The highest BCUT2D eigenvalue weighted by atomic mass is 32.2. The lowest BCUT2D eigenvalue weighted by Gasteiger charge is -2.03. The molecule has 0 fully saturated rings. The van der Waals surface area contributed by atoms with Crippen molar-refractivity contribution in [1.82, 2.24) is 0 Å². The van der Waals surface area contributed by atoms with E-state index >= 15 is 0 Å². The van der Waals surface area contributed by atoms with Gasteiger partial charge < -0.3 is 0 Å². The monoisotopic (exact) mass is 222 g/mol. The maximum atomic E-state index is 11.2. The molecule has 2 rings (SSSR count). The van der Waals surface area contributed by atoms with E-state index < -0.39 is 10.0 Å². The Morgan fingerprint density at radius 3 is 2.47 bits per heavy atom. The van der Waals surface area contributed by atoms with Crippen molar-refractivity contribution in [3.63, 3.8) is 0 Å². The van der Waals surface area contributed by atoms with Crippen molar-refractivity contribution in [2.24, 2.45) is 5.14 Å². The molecule has 0 aromatic heterocycles. The van der Waals surface area contributed by atoms with Gasteiger partial charge in [0.25, 0.3) is 0 Å². The topological polar surface area (TPSA) is 80.1 Å². The zero-order valence-electron chi connectivity index (χ0n) is 7.67. The number of primary sulfonamides is 1. The molecule has 4 nitrogen and oxygen atoms in total. The molecule has 2 aromatic carbocycles. The van der Waals surface area contributed by atoms with Crippen LogP contribution in [0.25, 0.3) is 10.8 Å². The van der Waals surface area contributed by atoms with Gasteiger partial charge in [-0.15, -0.1) is 0 Å². The average molecular weight is 222 g/mol. The number of rotatable bonds is 1. The van der Waals surface area contributed by atoms with Crippen LogP contribution in [0.3, 0.4) is 0 Å². The third-order valence-corrected chi connectivity index (χ3v) is 3.09. The van der Waals surface area contributed by atoms with Crippen LogP contribution in [0, 0.1) is 0 Å². The first-order valence-electron chi connectivity index (χ1n) is 4.21. The van der Waals surface area contributed by atoms with Crippen molar-refractivity contribution < 1.29 is 13.5 Å². The third kappa shape index (κ3) is 1.79. The largest absolute Gasteiger partial charge is 0.290 e. The quantitative estimate of drug-likeness (QED) is 0.795. The summed E-state index contributed by atoms with van der Waals surface area (Å²) in [5.74, 6) is -0.237. The molecule has 0 bridgehead atoms. The number of hydrogen-bond acceptors (Lipinski definition) is 2. The van der Waals surface area contributed by atoms with Crippen molar-refractivity contribution in [1.29, 1.82) is 0 Å². The molecular weight excluding hydrogens is 214 g/mol. The highest BCUT2D eigenvalue weighted by molar-refractivity contribution is 7.89. The Kier molecular flexibility index (Phi) is 2.13. The van der Waals surface area contributed by atoms with Crippen LogP contribution in [0.2, 0.25) is 0 Å². The smallest absolute Gasteiger partial charge is 0.238 e. The fourth-order valence-electron chi connectivity index (χ4n) is 1.47. The zero-order valence-corrected chi connectivity index (χ0v) is 8.49. The first kappa shape index (κ1) is 9.95. The van der Waals surface area contributed by atoms with Gasteiger partial charge in [0, 0.05) is 5.39 Å². The second kappa shape index (κ2) is 3.22. The van der Waals surface area contributed by atoms with Crippen LogP contribution in [0.15, 0.2) is 41.3 Å². The van der Waals surface area contributed by atoms with E-state index in [4.69, 9.17) is 5.14 Å². The Hall–Kier alpha value is -1.59. The number of nitrogens with two attached hydrogens (primary N) is 1. The molecule has 0 heterocycles. The summed E-state index contributed by atoms with van der Waals surface area (Å²) >= 11 is 0. The molecule has 2 aromatic rings. The van der Waals surface area contributed by atoms with Crippen molar-refractivity contribution in [3.05, 3.63) is 36.4 Å². The van der Waals surface area contributed by atoms with E-state index in [-0.39, 0.29) is 10.6 Å². The van der Waals surface area contributed by atoms with Crippen LogP contribution in [0.4, 0.5) is 0 Å². The molecule has 0 aliphatic carbocycles. The average Bonchev–Trinajstić information content (AvgIpc) is 2.15. The summed E-state index contributed by atoms with van der Waals surface area (Å²) in [7, 11) is -3.79. The maximum absolute atomic E-state index is 11.2.